The Kier molecular flexibility index (Phi) is 5.19. The summed E-state index contributed by atoms with van der Waals surface area (Å²) in [5.41, 5.74) is 0.629. The van der Waals surface area contributed by atoms with Crippen LogP contribution in [0.1, 0.15) is 33.1 Å². The number of amides is 2. The number of carbonyl (C=O) groups excluding carboxylic acids is 2. The highest BCUT2D eigenvalue weighted by Gasteiger charge is 2.19. The monoisotopic (exact) mass is 224 g/mol. The Bertz CT molecular complexity index is 293. The lowest BCUT2D eigenvalue weighted by molar-refractivity contribution is -0.123. The molecule has 0 spiro atoms. The van der Waals surface area contributed by atoms with Gasteiger partial charge in [0.15, 0.2) is 0 Å². The van der Waals surface area contributed by atoms with E-state index in [0.717, 1.165) is 32.5 Å². The molecule has 4 nitrogen and oxygen atoms in total. The van der Waals surface area contributed by atoms with Gasteiger partial charge in [0.1, 0.15) is 0 Å². The number of rotatable bonds is 7. The molecule has 0 fully saturated rings. The van der Waals surface area contributed by atoms with Gasteiger partial charge in [-0.1, -0.05) is 13.8 Å². The molecule has 4 heteroatoms. The van der Waals surface area contributed by atoms with Gasteiger partial charge in [-0.25, -0.2) is 0 Å². The van der Waals surface area contributed by atoms with E-state index < -0.39 is 0 Å². The topological polar surface area (TPSA) is 49.4 Å². The molecule has 1 aliphatic heterocycles. The van der Waals surface area contributed by atoms with E-state index in [9.17, 15) is 9.59 Å². The van der Waals surface area contributed by atoms with Gasteiger partial charge < -0.3 is 4.90 Å². The van der Waals surface area contributed by atoms with Gasteiger partial charge in [-0.05, 0) is 38.9 Å². The van der Waals surface area contributed by atoms with Crippen molar-refractivity contribution in [2.24, 2.45) is 0 Å². The molecule has 0 aromatic heterocycles. The Morgan fingerprint density at radius 1 is 1.19 bits per heavy atom. The fraction of sp³-hybridized carbons (Fsp3) is 0.667. The van der Waals surface area contributed by atoms with Crippen molar-refractivity contribution < 1.29 is 9.59 Å². The highest BCUT2D eigenvalue weighted by molar-refractivity contribution is 6.16. The van der Waals surface area contributed by atoms with E-state index in [2.05, 4.69) is 24.1 Å². The predicted octanol–water partition coefficient (Wildman–Crippen LogP) is 1.08. The summed E-state index contributed by atoms with van der Waals surface area (Å²) in [5, 5.41) is 2.26. The molecule has 2 amide bonds. The molecule has 16 heavy (non-hydrogen) atoms. The SMILES string of the molecule is CCN(CC)CCCCC1=CC(=O)NC1=O. The minimum Gasteiger partial charge on any atom is -0.304 e. The average molecular weight is 224 g/mol. The molecule has 1 aliphatic rings. The molecule has 0 bridgehead atoms. The first-order valence-electron chi connectivity index (χ1n) is 5.95. The summed E-state index contributed by atoms with van der Waals surface area (Å²) in [4.78, 5) is 24.5. The molecule has 0 radical (unpaired) electrons. The van der Waals surface area contributed by atoms with Crippen LogP contribution in [0.3, 0.4) is 0 Å². The Hall–Kier alpha value is -1.16. The molecule has 0 aliphatic carbocycles. The Morgan fingerprint density at radius 2 is 1.88 bits per heavy atom. The smallest absolute Gasteiger partial charge is 0.254 e. The molecule has 0 unspecified atom stereocenters. The van der Waals surface area contributed by atoms with Gasteiger partial charge in [0.25, 0.3) is 11.8 Å². The van der Waals surface area contributed by atoms with Gasteiger partial charge in [0.2, 0.25) is 0 Å². The number of hydrogen-bond acceptors (Lipinski definition) is 3. The maximum Gasteiger partial charge on any atom is 0.254 e. The lowest BCUT2D eigenvalue weighted by Gasteiger charge is -2.17. The van der Waals surface area contributed by atoms with E-state index in [1.807, 2.05) is 0 Å². The summed E-state index contributed by atoms with van der Waals surface area (Å²) in [6.07, 6.45) is 4.15. The number of nitrogens with one attached hydrogen (secondary N) is 1. The van der Waals surface area contributed by atoms with Gasteiger partial charge in [0, 0.05) is 11.6 Å². The van der Waals surface area contributed by atoms with Crippen LogP contribution in [-0.2, 0) is 9.59 Å². The van der Waals surface area contributed by atoms with Crippen LogP contribution in [-0.4, -0.2) is 36.3 Å². The number of carbonyl (C=O) groups is 2. The van der Waals surface area contributed by atoms with Crippen LogP contribution in [0.5, 0.6) is 0 Å². The molecule has 0 saturated carbocycles. The molecular weight excluding hydrogens is 204 g/mol. The molecule has 0 aromatic carbocycles. The lowest BCUT2D eigenvalue weighted by Crippen LogP contribution is -2.24. The number of unbranched alkanes of at least 4 members (excludes halogenated alkanes) is 1. The van der Waals surface area contributed by atoms with Crippen molar-refractivity contribution in [3.8, 4) is 0 Å². The van der Waals surface area contributed by atoms with Gasteiger partial charge in [-0.2, -0.15) is 0 Å². The van der Waals surface area contributed by atoms with Gasteiger partial charge in [0.05, 0.1) is 0 Å². The first-order chi connectivity index (χ1) is 7.67. The van der Waals surface area contributed by atoms with Crippen LogP contribution < -0.4 is 5.32 Å². The van der Waals surface area contributed by atoms with Crippen LogP contribution in [0.4, 0.5) is 0 Å². The normalized spacial score (nSPS) is 15.6. The minimum atomic E-state index is -0.274. The first-order valence-corrected chi connectivity index (χ1v) is 5.95. The summed E-state index contributed by atoms with van der Waals surface area (Å²) in [6.45, 7) is 7.50. The molecule has 1 rings (SSSR count). The molecule has 0 saturated heterocycles. The summed E-state index contributed by atoms with van der Waals surface area (Å²) < 4.78 is 0. The van der Waals surface area contributed by atoms with Crippen molar-refractivity contribution >= 4 is 11.8 Å². The maximum absolute atomic E-state index is 11.2. The van der Waals surface area contributed by atoms with Gasteiger partial charge in [-0.3, -0.25) is 14.9 Å². The second-order valence-corrected chi connectivity index (χ2v) is 3.97. The van der Waals surface area contributed by atoms with E-state index >= 15 is 0 Å². The summed E-state index contributed by atoms with van der Waals surface area (Å²) >= 11 is 0. The van der Waals surface area contributed by atoms with Crippen LogP contribution in [0.25, 0.3) is 0 Å². The number of imide groups is 1. The van der Waals surface area contributed by atoms with Crippen molar-refractivity contribution in [1.82, 2.24) is 10.2 Å². The highest BCUT2D eigenvalue weighted by Crippen LogP contribution is 2.11. The van der Waals surface area contributed by atoms with E-state index in [1.54, 1.807) is 0 Å². The van der Waals surface area contributed by atoms with Crippen molar-refractivity contribution in [2.75, 3.05) is 19.6 Å². The number of hydrogen-bond donors (Lipinski definition) is 1. The van der Waals surface area contributed by atoms with Crippen LogP contribution in [0.2, 0.25) is 0 Å². The maximum atomic E-state index is 11.2. The summed E-state index contributed by atoms with van der Waals surface area (Å²) in [6, 6.07) is 0. The quantitative estimate of drug-likeness (QED) is 0.520. The first kappa shape index (κ1) is 12.9. The van der Waals surface area contributed by atoms with Crippen LogP contribution >= 0.6 is 0 Å². The van der Waals surface area contributed by atoms with Gasteiger partial charge in [-0.15, -0.1) is 0 Å². The Labute approximate surface area is 96.7 Å². The third-order valence-electron chi connectivity index (χ3n) is 2.90. The summed E-state index contributed by atoms with van der Waals surface area (Å²) in [7, 11) is 0. The van der Waals surface area contributed by atoms with E-state index in [0.29, 0.717) is 12.0 Å². The third-order valence-corrected chi connectivity index (χ3v) is 2.90. The second kappa shape index (κ2) is 6.43. The van der Waals surface area contributed by atoms with Crippen molar-refractivity contribution in [3.63, 3.8) is 0 Å². The minimum absolute atomic E-state index is 0.215. The van der Waals surface area contributed by atoms with Crippen molar-refractivity contribution in [2.45, 2.75) is 33.1 Å². The number of nitrogens with zero attached hydrogens (tertiary/aromatic N) is 1. The average Bonchev–Trinajstić information content (AvgIpc) is 2.58. The molecule has 1 N–H and O–H groups in total. The fourth-order valence-corrected chi connectivity index (χ4v) is 1.83. The standard InChI is InChI=1S/C12H20N2O2/c1-3-14(4-2)8-6-5-7-10-9-11(15)13-12(10)16/h9H,3-8H2,1-2H3,(H,13,15,16). The van der Waals surface area contributed by atoms with E-state index in [1.165, 1.54) is 6.08 Å². The van der Waals surface area contributed by atoms with Gasteiger partial charge >= 0.3 is 0 Å². The molecule has 0 aromatic rings. The van der Waals surface area contributed by atoms with E-state index in [-0.39, 0.29) is 11.8 Å². The molecule has 90 valence electrons. The fourth-order valence-electron chi connectivity index (χ4n) is 1.83. The van der Waals surface area contributed by atoms with E-state index in [4.69, 9.17) is 0 Å². The second-order valence-electron chi connectivity index (χ2n) is 3.97. The van der Waals surface area contributed by atoms with Crippen molar-refractivity contribution in [1.29, 1.82) is 0 Å². The van der Waals surface area contributed by atoms with Crippen molar-refractivity contribution in [3.05, 3.63) is 11.6 Å². The molecular formula is C12H20N2O2. The Morgan fingerprint density at radius 3 is 2.38 bits per heavy atom. The molecule has 1 heterocycles. The highest BCUT2D eigenvalue weighted by atomic mass is 16.2. The van der Waals surface area contributed by atoms with Crippen LogP contribution in [0, 0.1) is 0 Å². The zero-order valence-electron chi connectivity index (χ0n) is 10.1. The third kappa shape index (κ3) is 3.77. The predicted molar refractivity (Wildman–Crippen MR) is 62.9 cm³/mol. The van der Waals surface area contributed by atoms with Crippen LogP contribution in [0.15, 0.2) is 11.6 Å². The largest absolute Gasteiger partial charge is 0.304 e. The molecule has 0 atom stereocenters. The zero-order chi connectivity index (χ0) is 12.0. The summed E-state index contributed by atoms with van der Waals surface area (Å²) in [5.74, 6) is -0.489. The Balaban J connectivity index is 2.18. The lowest BCUT2D eigenvalue weighted by atomic mass is 10.1. The zero-order valence-corrected chi connectivity index (χ0v) is 10.1.